The number of hydrogen-bond donors (Lipinski definition) is 1. The molecule has 0 atom stereocenters. The summed E-state index contributed by atoms with van der Waals surface area (Å²) in [6.45, 7) is -1.19. The van der Waals surface area contributed by atoms with Crippen LogP contribution in [0.25, 0.3) is 10.8 Å². The number of rotatable bonds is 7. The molecule has 1 N–H and O–H groups in total. The predicted octanol–water partition coefficient (Wildman–Crippen LogP) is 2.68. The highest BCUT2D eigenvalue weighted by Crippen LogP contribution is 2.18. The van der Waals surface area contributed by atoms with Gasteiger partial charge in [0.25, 0.3) is 0 Å². The molecule has 0 heterocycles. The Kier molecular flexibility index (Phi) is 5.81. The van der Waals surface area contributed by atoms with Gasteiger partial charge in [-0.25, -0.2) is 12.8 Å². The molecule has 0 unspecified atom stereocenters. The van der Waals surface area contributed by atoms with Crippen LogP contribution >= 0.6 is 0 Å². The van der Waals surface area contributed by atoms with E-state index in [1.165, 1.54) is 24.3 Å². The number of carbonyl (C=O) groups is 2. The maximum Gasteiger partial charge on any atom is 0.321 e. The van der Waals surface area contributed by atoms with E-state index in [1.54, 1.807) is 18.2 Å². The summed E-state index contributed by atoms with van der Waals surface area (Å²) >= 11 is 0. The second-order valence-corrected chi connectivity index (χ2v) is 7.69. The number of Topliss-reactive ketones (excluding diaryl/α,β-unsaturated/α-hetero) is 1. The van der Waals surface area contributed by atoms with Gasteiger partial charge in [-0.2, -0.15) is 4.72 Å². The van der Waals surface area contributed by atoms with Crippen LogP contribution in [0.3, 0.4) is 0 Å². The average molecular weight is 401 g/mol. The topological polar surface area (TPSA) is 89.5 Å². The molecule has 0 aliphatic rings. The summed E-state index contributed by atoms with van der Waals surface area (Å²) in [6.07, 6.45) is 0. The fourth-order valence-corrected chi connectivity index (χ4v) is 3.49. The van der Waals surface area contributed by atoms with E-state index in [-0.39, 0.29) is 10.5 Å². The van der Waals surface area contributed by atoms with Crippen LogP contribution in [0.5, 0.6) is 0 Å². The molecule has 3 aromatic rings. The summed E-state index contributed by atoms with van der Waals surface area (Å²) < 4.78 is 44.5. The lowest BCUT2D eigenvalue weighted by molar-refractivity contribution is -0.141. The van der Waals surface area contributed by atoms with Crippen molar-refractivity contribution in [1.82, 2.24) is 4.72 Å². The van der Waals surface area contributed by atoms with Crippen LogP contribution in [0.1, 0.15) is 10.4 Å². The Morgan fingerprint density at radius 2 is 1.61 bits per heavy atom. The number of benzene rings is 3. The molecule has 0 spiro atoms. The number of ketones is 1. The van der Waals surface area contributed by atoms with Gasteiger partial charge < -0.3 is 4.74 Å². The van der Waals surface area contributed by atoms with Crippen LogP contribution in [-0.4, -0.2) is 33.3 Å². The van der Waals surface area contributed by atoms with E-state index in [2.05, 4.69) is 4.72 Å². The van der Waals surface area contributed by atoms with Crippen LogP contribution in [0.4, 0.5) is 4.39 Å². The van der Waals surface area contributed by atoms with Gasteiger partial charge in [0.05, 0.1) is 4.90 Å². The molecule has 0 aliphatic heterocycles. The molecule has 0 bridgehead atoms. The van der Waals surface area contributed by atoms with Crippen molar-refractivity contribution in [3.8, 4) is 0 Å². The van der Waals surface area contributed by atoms with Crippen molar-refractivity contribution in [3.63, 3.8) is 0 Å². The zero-order chi connectivity index (χ0) is 20.1. The third-order valence-electron chi connectivity index (χ3n) is 3.97. The fourth-order valence-electron chi connectivity index (χ4n) is 2.49. The molecule has 0 aromatic heterocycles. The molecule has 0 aliphatic carbocycles. The first-order valence-corrected chi connectivity index (χ1v) is 9.76. The third-order valence-corrected chi connectivity index (χ3v) is 5.37. The van der Waals surface area contributed by atoms with Gasteiger partial charge in [-0.1, -0.05) is 30.3 Å². The SMILES string of the molecule is O=C(CNS(=O)(=O)c1ccc2ccccc2c1)OCC(=O)c1ccc(F)cc1. The van der Waals surface area contributed by atoms with Crippen molar-refractivity contribution in [2.24, 2.45) is 0 Å². The second-order valence-electron chi connectivity index (χ2n) is 5.92. The Balaban J connectivity index is 1.56. The molecule has 8 heteroatoms. The summed E-state index contributed by atoms with van der Waals surface area (Å²) in [5, 5.41) is 1.64. The van der Waals surface area contributed by atoms with Crippen LogP contribution in [0, 0.1) is 5.82 Å². The number of nitrogens with one attached hydrogen (secondary N) is 1. The predicted molar refractivity (Wildman–Crippen MR) is 101 cm³/mol. The lowest BCUT2D eigenvalue weighted by atomic mass is 10.1. The zero-order valence-electron chi connectivity index (χ0n) is 14.6. The Labute approximate surface area is 161 Å². The third kappa shape index (κ3) is 4.79. The Morgan fingerprint density at radius 1 is 0.929 bits per heavy atom. The summed E-state index contributed by atoms with van der Waals surface area (Å²) in [6, 6.07) is 16.7. The maximum atomic E-state index is 12.8. The highest BCUT2D eigenvalue weighted by atomic mass is 32.2. The van der Waals surface area contributed by atoms with E-state index in [1.807, 2.05) is 12.1 Å². The molecule has 0 fully saturated rings. The zero-order valence-corrected chi connectivity index (χ0v) is 15.4. The monoisotopic (exact) mass is 401 g/mol. The highest BCUT2D eigenvalue weighted by molar-refractivity contribution is 7.89. The molecule has 6 nitrogen and oxygen atoms in total. The molecular weight excluding hydrogens is 385 g/mol. The van der Waals surface area contributed by atoms with Gasteiger partial charge in [0.15, 0.2) is 12.4 Å². The van der Waals surface area contributed by atoms with Gasteiger partial charge >= 0.3 is 5.97 Å². The summed E-state index contributed by atoms with van der Waals surface area (Å²) in [7, 11) is -3.92. The number of ether oxygens (including phenoxy) is 1. The Morgan fingerprint density at radius 3 is 2.32 bits per heavy atom. The van der Waals surface area contributed by atoms with Crippen molar-refractivity contribution in [2.75, 3.05) is 13.2 Å². The van der Waals surface area contributed by atoms with E-state index >= 15 is 0 Å². The van der Waals surface area contributed by atoms with E-state index in [0.29, 0.717) is 0 Å². The first-order chi connectivity index (χ1) is 13.3. The number of esters is 1. The van der Waals surface area contributed by atoms with Crippen molar-refractivity contribution in [1.29, 1.82) is 0 Å². The van der Waals surface area contributed by atoms with Crippen LogP contribution < -0.4 is 4.72 Å². The van der Waals surface area contributed by atoms with Crippen LogP contribution in [-0.2, 0) is 19.6 Å². The lowest BCUT2D eigenvalue weighted by Crippen LogP contribution is -2.31. The first-order valence-electron chi connectivity index (χ1n) is 8.28. The van der Waals surface area contributed by atoms with E-state index in [4.69, 9.17) is 4.74 Å². The molecule has 0 radical (unpaired) electrons. The van der Waals surface area contributed by atoms with Gasteiger partial charge in [0, 0.05) is 5.56 Å². The van der Waals surface area contributed by atoms with Crippen molar-refractivity contribution >= 4 is 32.5 Å². The van der Waals surface area contributed by atoms with Gasteiger partial charge in [-0.05, 0) is 47.2 Å². The second kappa shape index (κ2) is 8.28. The van der Waals surface area contributed by atoms with E-state index < -0.39 is 40.7 Å². The molecule has 3 aromatic carbocycles. The summed E-state index contributed by atoms with van der Waals surface area (Å²) in [5.74, 6) is -1.91. The van der Waals surface area contributed by atoms with E-state index in [0.717, 1.165) is 22.9 Å². The summed E-state index contributed by atoms with van der Waals surface area (Å²) in [5.41, 5.74) is 0.186. The minimum absolute atomic E-state index is 0.0152. The minimum Gasteiger partial charge on any atom is -0.456 e. The lowest BCUT2D eigenvalue weighted by Gasteiger charge is -2.08. The number of fused-ring (bicyclic) bond motifs is 1. The van der Waals surface area contributed by atoms with Crippen LogP contribution in [0.15, 0.2) is 71.6 Å². The Hall–Kier alpha value is -3.10. The molecule has 144 valence electrons. The molecule has 0 amide bonds. The molecule has 28 heavy (non-hydrogen) atoms. The van der Waals surface area contributed by atoms with Gasteiger partial charge in [-0.15, -0.1) is 0 Å². The Bertz CT molecular complexity index is 1130. The molecule has 0 saturated heterocycles. The maximum absolute atomic E-state index is 12.8. The van der Waals surface area contributed by atoms with Gasteiger partial charge in [0.1, 0.15) is 12.4 Å². The first kappa shape index (κ1) is 19.7. The quantitative estimate of drug-likeness (QED) is 0.486. The highest BCUT2D eigenvalue weighted by Gasteiger charge is 2.17. The number of carbonyl (C=O) groups excluding carboxylic acids is 2. The smallest absolute Gasteiger partial charge is 0.321 e. The van der Waals surface area contributed by atoms with Crippen molar-refractivity contribution in [3.05, 3.63) is 78.1 Å². The van der Waals surface area contributed by atoms with E-state index in [9.17, 15) is 22.4 Å². The molecular formula is C20H16FNO5S. The van der Waals surface area contributed by atoms with Gasteiger partial charge in [0.2, 0.25) is 10.0 Å². The average Bonchev–Trinajstić information content (AvgIpc) is 2.70. The fraction of sp³-hybridized carbons (Fsp3) is 0.100. The minimum atomic E-state index is -3.92. The summed E-state index contributed by atoms with van der Waals surface area (Å²) in [4.78, 5) is 23.6. The molecule has 0 saturated carbocycles. The standard InChI is InChI=1S/C20H16FNO5S/c21-17-8-5-15(6-9-17)19(23)13-27-20(24)12-22-28(25,26)18-10-7-14-3-1-2-4-16(14)11-18/h1-11,22H,12-13H2. The normalized spacial score (nSPS) is 11.3. The van der Waals surface area contributed by atoms with Crippen LogP contribution in [0.2, 0.25) is 0 Å². The molecule has 3 rings (SSSR count). The number of halogens is 1. The van der Waals surface area contributed by atoms with Gasteiger partial charge in [-0.3, -0.25) is 9.59 Å². The largest absolute Gasteiger partial charge is 0.456 e. The van der Waals surface area contributed by atoms with Crippen molar-refractivity contribution < 1.29 is 27.1 Å². The van der Waals surface area contributed by atoms with Crippen molar-refractivity contribution in [2.45, 2.75) is 4.90 Å². The number of hydrogen-bond acceptors (Lipinski definition) is 5. The number of sulfonamides is 1.